The van der Waals surface area contributed by atoms with Crippen LogP contribution in [0.2, 0.25) is 0 Å². The molecule has 1 atom stereocenters. The van der Waals surface area contributed by atoms with Crippen LogP contribution in [0.15, 0.2) is 42.5 Å². The molecule has 0 bridgehead atoms. The van der Waals surface area contributed by atoms with E-state index in [0.29, 0.717) is 24.5 Å². The molecule has 5 heteroatoms. The van der Waals surface area contributed by atoms with E-state index in [1.54, 1.807) is 12.1 Å². The first-order valence-corrected chi connectivity index (χ1v) is 7.55. The maximum absolute atomic E-state index is 13.1. The van der Waals surface area contributed by atoms with Gasteiger partial charge in [-0.3, -0.25) is 4.79 Å². The van der Waals surface area contributed by atoms with Crippen LogP contribution in [-0.4, -0.2) is 19.1 Å². The Balaban J connectivity index is 1.64. The second kappa shape index (κ2) is 6.69. The van der Waals surface area contributed by atoms with Gasteiger partial charge < -0.3 is 14.8 Å². The topological polar surface area (TPSA) is 47.6 Å². The van der Waals surface area contributed by atoms with Crippen molar-refractivity contribution < 1.29 is 18.7 Å². The molecule has 2 aromatic rings. The van der Waals surface area contributed by atoms with Gasteiger partial charge in [-0.05, 0) is 42.3 Å². The normalized spacial score (nSPS) is 14.2. The van der Waals surface area contributed by atoms with Crippen molar-refractivity contribution in [2.45, 2.75) is 19.4 Å². The second-order valence-corrected chi connectivity index (χ2v) is 5.50. The van der Waals surface area contributed by atoms with Crippen LogP contribution in [0.4, 0.5) is 4.39 Å². The SMILES string of the molecule is CC(NC(=O)Cc1cccc(F)c1)c1ccc2c(c1)OCCO2. The zero-order valence-electron chi connectivity index (χ0n) is 12.8. The van der Waals surface area contributed by atoms with E-state index in [2.05, 4.69) is 5.32 Å². The summed E-state index contributed by atoms with van der Waals surface area (Å²) in [4.78, 5) is 12.1. The van der Waals surface area contributed by atoms with Crippen molar-refractivity contribution in [3.05, 3.63) is 59.4 Å². The summed E-state index contributed by atoms with van der Waals surface area (Å²) in [5.41, 5.74) is 1.58. The third-order valence-electron chi connectivity index (χ3n) is 3.70. The summed E-state index contributed by atoms with van der Waals surface area (Å²) < 4.78 is 24.2. The molecule has 0 saturated carbocycles. The third kappa shape index (κ3) is 3.80. The fourth-order valence-electron chi connectivity index (χ4n) is 2.54. The van der Waals surface area contributed by atoms with Gasteiger partial charge in [-0.25, -0.2) is 4.39 Å². The number of fused-ring (bicyclic) bond motifs is 1. The van der Waals surface area contributed by atoms with Gasteiger partial charge in [0.2, 0.25) is 5.91 Å². The highest BCUT2D eigenvalue weighted by Crippen LogP contribution is 2.32. The number of carbonyl (C=O) groups excluding carboxylic acids is 1. The molecule has 120 valence electrons. The minimum Gasteiger partial charge on any atom is -0.486 e. The first kappa shape index (κ1) is 15.3. The Morgan fingerprint density at radius 1 is 1.17 bits per heavy atom. The van der Waals surface area contributed by atoms with E-state index in [0.717, 1.165) is 11.3 Å². The van der Waals surface area contributed by atoms with Crippen LogP contribution < -0.4 is 14.8 Å². The molecule has 0 radical (unpaired) electrons. The molecular weight excluding hydrogens is 297 g/mol. The molecule has 0 aromatic heterocycles. The highest BCUT2D eigenvalue weighted by atomic mass is 19.1. The number of hydrogen-bond donors (Lipinski definition) is 1. The molecule has 2 aromatic carbocycles. The summed E-state index contributed by atoms with van der Waals surface area (Å²) in [7, 11) is 0. The van der Waals surface area contributed by atoms with Crippen molar-refractivity contribution >= 4 is 5.91 Å². The molecule has 0 saturated heterocycles. The van der Waals surface area contributed by atoms with Crippen LogP contribution in [-0.2, 0) is 11.2 Å². The molecule has 1 N–H and O–H groups in total. The molecule has 4 nitrogen and oxygen atoms in total. The quantitative estimate of drug-likeness (QED) is 0.943. The maximum atomic E-state index is 13.1. The van der Waals surface area contributed by atoms with Crippen LogP contribution >= 0.6 is 0 Å². The van der Waals surface area contributed by atoms with Crippen molar-refractivity contribution in [1.82, 2.24) is 5.32 Å². The summed E-state index contributed by atoms with van der Waals surface area (Å²) in [5.74, 6) is 0.923. The van der Waals surface area contributed by atoms with E-state index in [1.165, 1.54) is 12.1 Å². The number of benzene rings is 2. The number of amides is 1. The number of rotatable bonds is 4. The van der Waals surface area contributed by atoms with Gasteiger partial charge in [-0.1, -0.05) is 18.2 Å². The van der Waals surface area contributed by atoms with Crippen molar-refractivity contribution in [2.24, 2.45) is 0 Å². The van der Waals surface area contributed by atoms with Gasteiger partial charge in [0.1, 0.15) is 19.0 Å². The first-order chi connectivity index (χ1) is 11.1. The molecule has 1 aliphatic heterocycles. The summed E-state index contributed by atoms with van der Waals surface area (Å²) in [6, 6.07) is 11.5. The highest BCUT2D eigenvalue weighted by molar-refractivity contribution is 5.79. The Bertz CT molecular complexity index is 717. The lowest BCUT2D eigenvalue weighted by atomic mass is 10.1. The van der Waals surface area contributed by atoms with Crippen molar-refractivity contribution in [3.63, 3.8) is 0 Å². The Labute approximate surface area is 134 Å². The zero-order valence-corrected chi connectivity index (χ0v) is 12.8. The van der Waals surface area contributed by atoms with Gasteiger partial charge in [-0.2, -0.15) is 0 Å². The largest absolute Gasteiger partial charge is 0.486 e. The predicted octanol–water partition coefficient (Wildman–Crippen LogP) is 3.02. The van der Waals surface area contributed by atoms with Gasteiger partial charge in [0.05, 0.1) is 12.5 Å². The van der Waals surface area contributed by atoms with E-state index in [-0.39, 0.29) is 24.2 Å². The van der Waals surface area contributed by atoms with Gasteiger partial charge in [-0.15, -0.1) is 0 Å². The van der Waals surface area contributed by atoms with Crippen LogP contribution in [0, 0.1) is 5.82 Å². The van der Waals surface area contributed by atoms with Gasteiger partial charge in [0.25, 0.3) is 0 Å². The number of hydrogen-bond acceptors (Lipinski definition) is 3. The average Bonchev–Trinajstić information content (AvgIpc) is 2.54. The highest BCUT2D eigenvalue weighted by Gasteiger charge is 2.16. The molecule has 1 aliphatic rings. The van der Waals surface area contributed by atoms with E-state index < -0.39 is 0 Å². The number of carbonyl (C=O) groups is 1. The summed E-state index contributed by atoms with van der Waals surface area (Å²) >= 11 is 0. The third-order valence-corrected chi connectivity index (χ3v) is 3.70. The number of nitrogens with one attached hydrogen (secondary N) is 1. The van der Waals surface area contributed by atoms with Gasteiger partial charge in [0, 0.05) is 0 Å². The lowest BCUT2D eigenvalue weighted by molar-refractivity contribution is -0.121. The van der Waals surface area contributed by atoms with Crippen molar-refractivity contribution in [2.75, 3.05) is 13.2 Å². The molecule has 1 unspecified atom stereocenters. The molecule has 0 fully saturated rings. The molecule has 0 spiro atoms. The molecule has 1 amide bonds. The van der Waals surface area contributed by atoms with Crippen LogP contribution in [0.1, 0.15) is 24.1 Å². The van der Waals surface area contributed by atoms with E-state index in [1.807, 2.05) is 25.1 Å². The number of ether oxygens (including phenoxy) is 2. The fourth-order valence-corrected chi connectivity index (χ4v) is 2.54. The maximum Gasteiger partial charge on any atom is 0.224 e. The summed E-state index contributed by atoms with van der Waals surface area (Å²) in [6.45, 7) is 2.97. The first-order valence-electron chi connectivity index (χ1n) is 7.55. The van der Waals surface area contributed by atoms with E-state index >= 15 is 0 Å². The Morgan fingerprint density at radius 3 is 2.74 bits per heavy atom. The van der Waals surface area contributed by atoms with Gasteiger partial charge >= 0.3 is 0 Å². The molecule has 0 aliphatic carbocycles. The van der Waals surface area contributed by atoms with Crippen LogP contribution in [0.5, 0.6) is 11.5 Å². The predicted molar refractivity (Wildman–Crippen MR) is 84.1 cm³/mol. The van der Waals surface area contributed by atoms with Crippen LogP contribution in [0.3, 0.4) is 0 Å². The number of halogens is 1. The Hall–Kier alpha value is -2.56. The second-order valence-electron chi connectivity index (χ2n) is 5.50. The standard InChI is InChI=1S/C18H18FNO3/c1-12(14-5-6-16-17(11-14)23-8-7-22-16)20-18(21)10-13-3-2-4-15(19)9-13/h2-6,9,11-12H,7-8,10H2,1H3,(H,20,21). The zero-order chi connectivity index (χ0) is 16.2. The molecule has 3 rings (SSSR count). The molecule has 23 heavy (non-hydrogen) atoms. The fraction of sp³-hybridized carbons (Fsp3) is 0.278. The average molecular weight is 315 g/mol. The van der Waals surface area contributed by atoms with E-state index in [9.17, 15) is 9.18 Å². The lowest BCUT2D eigenvalue weighted by Crippen LogP contribution is -2.28. The van der Waals surface area contributed by atoms with Crippen LogP contribution in [0.25, 0.3) is 0 Å². The lowest BCUT2D eigenvalue weighted by Gasteiger charge is -2.21. The summed E-state index contributed by atoms with van der Waals surface area (Å²) in [6.07, 6.45) is 0.145. The van der Waals surface area contributed by atoms with E-state index in [4.69, 9.17) is 9.47 Å². The molecular formula is C18H18FNO3. The van der Waals surface area contributed by atoms with Crippen molar-refractivity contribution in [1.29, 1.82) is 0 Å². The van der Waals surface area contributed by atoms with Crippen molar-refractivity contribution in [3.8, 4) is 11.5 Å². The summed E-state index contributed by atoms with van der Waals surface area (Å²) in [5, 5.41) is 2.91. The minimum atomic E-state index is -0.338. The monoisotopic (exact) mass is 315 g/mol. The Morgan fingerprint density at radius 2 is 1.96 bits per heavy atom. The Kier molecular flexibility index (Phi) is 4.46. The van der Waals surface area contributed by atoms with Gasteiger partial charge in [0.15, 0.2) is 11.5 Å². The minimum absolute atomic E-state index is 0.145. The molecule has 1 heterocycles. The smallest absolute Gasteiger partial charge is 0.224 e.